The Morgan fingerprint density at radius 3 is 2.67 bits per heavy atom. The Morgan fingerprint density at radius 1 is 1.38 bits per heavy atom. The molecule has 0 aliphatic rings. The highest BCUT2D eigenvalue weighted by Gasteiger charge is 2.21. The molecule has 0 fully saturated rings. The fraction of sp³-hybridized carbons (Fsp3) is 0.182. The number of aliphatic hydroxyl groups excluding tert-OH is 1. The molecule has 1 aromatic carbocycles. The van der Waals surface area contributed by atoms with E-state index in [0.717, 1.165) is 22.4 Å². The van der Waals surface area contributed by atoms with Crippen LogP contribution in [0.5, 0.6) is 0 Å². The van der Waals surface area contributed by atoms with E-state index in [0.29, 0.717) is 6.07 Å². The van der Waals surface area contributed by atoms with E-state index in [2.05, 4.69) is 10.2 Å². The Kier molecular flexibility index (Phi) is 4.76. The van der Waals surface area contributed by atoms with E-state index in [1.807, 2.05) is 0 Å². The first-order valence-corrected chi connectivity index (χ1v) is 6.85. The second-order valence-corrected chi connectivity index (χ2v) is 5.14. The Balaban J connectivity index is 2.56. The zero-order chi connectivity index (χ0) is 15.6. The standard InChI is InChI=1S/C11H8ClF2N3O3S/c12-6-1-5(13)2-7(14)10(6)17-8(3-18)15-16-11(17)21-4-9(19)20/h1-2,18H,3-4H2,(H,19,20). The molecule has 2 aromatic rings. The van der Waals surface area contributed by atoms with Gasteiger partial charge in [-0.3, -0.25) is 9.36 Å². The van der Waals surface area contributed by atoms with Crippen LogP contribution in [0.3, 0.4) is 0 Å². The number of hydrogen-bond donors (Lipinski definition) is 2. The molecule has 0 aliphatic heterocycles. The first-order chi connectivity index (χ1) is 9.93. The van der Waals surface area contributed by atoms with E-state index in [4.69, 9.17) is 16.7 Å². The van der Waals surface area contributed by atoms with Crippen molar-refractivity contribution in [2.75, 3.05) is 5.75 Å². The third kappa shape index (κ3) is 3.31. The molecule has 0 bridgehead atoms. The number of thioether (sulfide) groups is 1. The average molecular weight is 336 g/mol. The third-order valence-corrected chi connectivity index (χ3v) is 3.57. The van der Waals surface area contributed by atoms with Crippen molar-refractivity contribution in [2.24, 2.45) is 0 Å². The SMILES string of the molecule is O=C(O)CSc1nnc(CO)n1-c1c(F)cc(F)cc1Cl. The van der Waals surface area contributed by atoms with Crippen molar-refractivity contribution in [3.63, 3.8) is 0 Å². The quantitative estimate of drug-likeness (QED) is 0.811. The molecule has 0 saturated carbocycles. The number of aliphatic carboxylic acids is 1. The maximum absolute atomic E-state index is 14.0. The summed E-state index contributed by atoms with van der Waals surface area (Å²) in [6.07, 6.45) is 0. The number of hydrogen-bond acceptors (Lipinski definition) is 5. The van der Waals surface area contributed by atoms with E-state index >= 15 is 0 Å². The second-order valence-electron chi connectivity index (χ2n) is 3.79. The lowest BCUT2D eigenvalue weighted by Crippen LogP contribution is -2.08. The van der Waals surface area contributed by atoms with Crippen LogP contribution in [0.2, 0.25) is 5.02 Å². The first kappa shape index (κ1) is 15.7. The van der Waals surface area contributed by atoms with Crippen LogP contribution in [0, 0.1) is 11.6 Å². The van der Waals surface area contributed by atoms with E-state index < -0.39 is 24.2 Å². The number of rotatable bonds is 5. The fourth-order valence-electron chi connectivity index (χ4n) is 1.60. The number of carbonyl (C=O) groups is 1. The van der Waals surface area contributed by atoms with Crippen molar-refractivity contribution in [3.8, 4) is 5.69 Å². The third-order valence-electron chi connectivity index (χ3n) is 2.37. The molecule has 0 aliphatic carbocycles. The Morgan fingerprint density at radius 2 is 2.10 bits per heavy atom. The van der Waals surface area contributed by atoms with Crippen LogP contribution in [0.25, 0.3) is 5.69 Å². The van der Waals surface area contributed by atoms with Gasteiger partial charge in [-0.15, -0.1) is 10.2 Å². The van der Waals surface area contributed by atoms with Crippen LogP contribution in [0.4, 0.5) is 8.78 Å². The van der Waals surface area contributed by atoms with Crippen LogP contribution >= 0.6 is 23.4 Å². The van der Waals surface area contributed by atoms with E-state index in [1.54, 1.807) is 0 Å². The van der Waals surface area contributed by atoms with Crippen molar-refractivity contribution in [3.05, 3.63) is 34.6 Å². The van der Waals surface area contributed by atoms with Gasteiger partial charge in [-0.1, -0.05) is 23.4 Å². The topological polar surface area (TPSA) is 88.2 Å². The fourth-order valence-corrected chi connectivity index (χ4v) is 2.55. The normalized spacial score (nSPS) is 10.9. The predicted molar refractivity (Wildman–Crippen MR) is 70.6 cm³/mol. The average Bonchev–Trinajstić information content (AvgIpc) is 2.78. The maximum atomic E-state index is 14.0. The first-order valence-electron chi connectivity index (χ1n) is 5.48. The smallest absolute Gasteiger partial charge is 0.313 e. The summed E-state index contributed by atoms with van der Waals surface area (Å²) in [5.74, 6) is -3.34. The van der Waals surface area contributed by atoms with Crippen molar-refractivity contribution < 1.29 is 23.8 Å². The molecule has 0 radical (unpaired) electrons. The number of carboxylic acid groups (broad SMARTS) is 1. The molecular formula is C11H8ClF2N3O3S. The van der Waals surface area contributed by atoms with Crippen molar-refractivity contribution in [1.82, 2.24) is 14.8 Å². The Hall–Kier alpha value is -1.71. The molecular weight excluding hydrogens is 328 g/mol. The minimum atomic E-state index is -1.11. The molecule has 112 valence electrons. The van der Waals surface area contributed by atoms with Crippen LogP contribution in [-0.4, -0.2) is 36.7 Å². The highest BCUT2D eigenvalue weighted by atomic mass is 35.5. The Bertz CT molecular complexity index is 672. The van der Waals surface area contributed by atoms with Gasteiger partial charge in [-0.2, -0.15) is 0 Å². The lowest BCUT2D eigenvalue weighted by Gasteiger charge is -2.11. The number of nitrogens with zero attached hydrogens (tertiary/aromatic N) is 3. The molecule has 6 nitrogen and oxygen atoms in total. The highest BCUT2D eigenvalue weighted by Crippen LogP contribution is 2.30. The van der Waals surface area contributed by atoms with Gasteiger partial charge in [0, 0.05) is 6.07 Å². The van der Waals surface area contributed by atoms with Gasteiger partial charge in [-0.25, -0.2) is 8.78 Å². The molecule has 1 heterocycles. The summed E-state index contributed by atoms with van der Waals surface area (Å²) < 4.78 is 28.1. The van der Waals surface area contributed by atoms with Crippen LogP contribution < -0.4 is 0 Å². The largest absolute Gasteiger partial charge is 0.481 e. The predicted octanol–water partition coefficient (Wildman–Crippen LogP) is 1.87. The summed E-state index contributed by atoms with van der Waals surface area (Å²) in [6, 6.07) is 1.51. The highest BCUT2D eigenvalue weighted by molar-refractivity contribution is 7.99. The van der Waals surface area contributed by atoms with Gasteiger partial charge in [0.25, 0.3) is 0 Å². The molecule has 0 saturated heterocycles. The summed E-state index contributed by atoms with van der Waals surface area (Å²) in [5.41, 5.74) is -0.250. The number of aromatic nitrogens is 3. The second kappa shape index (κ2) is 6.37. The van der Waals surface area contributed by atoms with Crippen LogP contribution in [0.15, 0.2) is 17.3 Å². The molecule has 0 amide bonds. The molecule has 0 unspecified atom stereocenters. The summed E-state index contributed by atoms with van der Waals surface area (Å²) >= 11 is 6.59. The van der Waals surface area contributed by atoms with Crippen molar-refractivity contribution in [2.45, 2.75) is 11.8 Å². The minimum absolute atomic E-state index is 0.0221. The summed E-state index contributed by atoms with van der Waals surface area (Å²) in [7, 11) is 0. The van der Waals surface area contributed by atoms with Gasteiger partial charge >= 0.3 is 5.97 Å². The number of aliphatic hydroxyl groups is 1. The van der Waals surface area contributed by atoms with Crippen molar-refractivity contribution in [1.29, 1.82) is 0 Å². The molecule has 10 heteroatoms. The van der Waals surface area contributed by atoms with Crippen LogP contribution in [-0.2, 0) is 11.4 Å². The zero-order valence-corrected chi connectivity index (χ0v) is 11.8. The number of carboxylic acids is 1. The summed E-state index contributed by atoms with van der Waals surface area (Å²) in [4.78, 5) is 10.6. The zero-order valence-electron chi connectivity index (χ0n) is 10.3. The van der Waals surface area contributed by atoms with Crippen LogP contribution in [0.1, 0.15) is 5.82 Å². The number of benzene rings is 1. The molecule has 1 aromatic heterocycles. The van der Waals surface area contributed by atoms with E-state index in [-0.39, 0.29) is 27.4 Å². The lowest BCUT2D eigenvalue weighted by molar-refractivity contribution is -0.133. The van der Waals surface area contributed by atoms with Gasteiger partial charge in [0.2, 0.25) is 0 Å². The van der Waals surface area contributed by atoms with E-state index in [1.165, 1.54) is 0 Å². The molecule has 2 N–H and O–H groups in total. The number of halogens is 3. The van der Waals surface area contributed by atoms with Gasteiger partial charge in [0.1, 0.15) is 18.1 Å². The molecule has 2 rings (SSSR count). The molecule has 21 heavy (non-hydrogen) atoms. The molecule has 0 atom stereocenters. The Labute approximate surface area is 126 Å². The van der Waals surface area contributed by atoms with Gasteiger partial charge in [0.05, 0.1) is 10.8 Å². The van der Waals surface area contributed by atoms with Gasteiger partial charge < -0.3 is 10.2 Å². The maximum Gasteiger partial charge on any atom is 0.313 e. The van der Waals surface area contributed by atoms with Gasteiger partial charge in [0.15, 0.2) is 16.8 Å². The minimum Gasteiger partial charge on any atom is -0.481 e. The van der Waals surface area contributed by atoms with Crippen molar-refractivity contribution >= 4 is 29.3 Å². The monoisotopic (exact) mass is 335 g/mol. The van der Waals surface area contributed by atoms with Gasteiger partial charge in [-0.05, 0) is 6.07 Å². The summed E-state index contributed by atoms with van der Waals surface area (Å²) in [5, 5.41) is 25.0. The summed E-state index contributed by atoms with van der Waals surface area (Å²) in [6.45, 7) is -0.576. The van der Waals surface area contributed by atoms with E-state index in [9.17, 15) is 18.7 Å². The lowest BCUT2D eigenvalue weighted by atomic mass is 10.3. The molecule has 0 spiro atoms.